The highest BCUT2D eigenvalue weighted by Gasteiger charge is 2.10. The van der Waals surface area contributed by atoms with E-state index in [-0.39, 0.29) is 12.8 Å². The number of hydrogen-bond acceptors (Lipinski definition) is 5. The molecule has 0 radical (unpaired) electrons. The first-order chi connectivity index (χ1) is 7.81. The fourth-order valence-electron chi connectivity index (χ4n) is 0.567. The molecule has 0 amide bonds. The maximum Gasteiger partial charge on any atom is 0.332 e. The molecule has 0 aromatic carbocycles. The number of rotatable bonds is 7. The number of aliphatic hydroxyl groups excluding tert-OH is 1. The Hall–Kier alpha value is -1.28. The molecular weight excluding hydrogens is 252 g/mol. The maximum absolute atomic E-state index is 9.95. The van der Waals surface area contributed by atoms with Gasteiger partial charge < -0.3 is 20.4 Å². The summed E-state index contributed by atoms with van der Waals surface area (Å²) >= 11 is 1.52. The predicted octanol–water partition coefficient (Wildman–Crippen LogP) is 0.121. The molecule has 0 heterocycles. The number of hydrogen-bond donors (Lipinski definition) is 4. The van der Waals surface area contributed by atoms with Gasteiger partial charge in [0, 0.05) is 0 Å². The van der Waals surface area contributed by atoms with Gasteiger partial charge in [0.25, 0.3) is 0 Å². The Labute approximate surface area is 102 Å². The zero-order valence-electron chi connectivity index (χ0n) is 9.33. The van der Waals surface area contributed by atoms with Gasteiger partial charge in [-0.1, -0.05) is 0 Å². The van der Waals surface area contributed by atoms with Crippen LogP contribution in [0.5, 0.6) is 0 Å². The van der Waals surface area contributed by atoms with Gasteiger partial charge in [0.05, 0.1) is 12.8 Å². The van der Waals surface area contributed by atoms with Crippen LogP contribution < -0.4 is 0 Å². The summed E-state index contributed by atoms with van der Waals surface area (Å²) in [7, 11) is 0. The lowest BCUT2D eigenvalue weighted by molar-refractivity contribution is -0.146. The molecular formula is C9H16O7S. The first-order valence-corrected chi connectivity index (χ1v) is 6.04. The molecule has 0 aliphatic rings. The van der Waals surface area contributed by atoms with E-state index >= 15 is 0 Å². The number of carboxylic acid groups (broad SMARTS) is 3. The second-order valence-corrected chi connectivity index (χ2v) is 3.91. The molecule has 0 rings (SSSR count). The van der Waals surface area contributed by atoms with Gasteiger partial charge in [-0.3, -0.25) is 9.59 Å². The van der Waals surface area contributed by atoms with Crippen LogP contribution in [0.4, 0.5) is 0 Å². The van der Waals surface area contributed by atoms with Gasteiger partial charge in [-0.15, -0.1) is 0 Å². The molecule has 0 aliphatic carbocycles. The molecule has 4 N–H and O–H groups in total. The Kier molecular flexibility index (Phi) is 11.9. The van der Waals surface area contributed by atoms with Gasteiger partial charge in [-0.25, -0.2) is 4.79 Å². The second-order valence-electron chi connectivity index (χ2n) is 2.92. The smallest absolute Gasteiger partial charge is 0.332 e. The van der Waals surface area contributed by atoms with Crippen LogP contribution in [0.25, 0.3) is 0 Å². The molecule has 0 saturated heterocycles. The summed E-state index contributed by atoms with van der Waals surface area (Å²) < 4.78 is 0. The monoisotopic (exact) mass is 268 g/mol. The number of carboxylic acids is 3. The summed E-state index contributed by atoms with van der Waals surface area (Å²) in [6.07, 6.45) is 0.424. The molecule has 1 atom stereocenters. The van der Waals surface area contributed by atoms with Crippen LogP contribution in [0.2, 0.25) is 0 Å². The van der Waals surface area contributed by atoms with Crippen molar-refractivity contribution in [1.29, 1.82) is 0 Å². The van der Waals surface area contributed by atoms with Gasteiger partial charge in [-0.05, 0) is 18.4 Å². The average Bonchev–Trinajstić information content (AvgIpc) is 2.23. The Bertz CT molecular complexity index is 240. The highest BCUT2D eigenvalue weighted by Crippen LogP contribution is 1.99. The quantitative estimate of drug-likeness (QED) is 0.512. The van der Waals surface area contributed by atoms with Crippen LogP contribution in [-0.4, -0.2) is 56.4 Å². The SMILES string of the molecule is CSCCC(O)C(=O)O.O=C(O)CCC(=O)O. The Balaban J connectivity index is 0. The molecule has 8 heteroatoms. The van der Waals surface area contributed by atoms with Crippen molar-refractivity contribution < 1.29 is 34.8 Å². The fraction of sp³-hybridized carbons (Fsp3) is 0.667. The molecule has 0 saturated carbocycles. The summed E-state index contributed by atoms with van der Waals surface area (Å²) in [5, 5.41) is 32.6. The molecule has 17 heavy (non-hydrogen) atoms. The summed E-state index contributed by atoms with van der Waals surface area (Å²) in [4.78, 5) is 29.2. The number of aliphatic hydroxyl groups is 1. The van der Waals surface area contributed by atoms with Gasteiger partial charge in [0.15, 0.2) is 6.10 Å². The third-order valence-corrected chi connectivity index (χ3v) is 2.08. The molecule has 0 spiro atoms. The highest BCUT2D eigenvalue weighted by atomic mass is 32.2. The summed E-state index contributed by atoms with van der Waals surface area (Å²) in [6.45, 7) is 0. The Morgan fingerprint density at radius 2 is 1.47 bits per heavy atom. The van der Waals surface area contributed by atoms with E-state index in [1.807, 2.05) is 6.26 Å². The minimum absolute atomic E-state index is 0.296. The Morgan fingerprint density at radius 3 is 1.71 bits per heavy atom. The Morgan fingerprint density at radius 1 is 1.06 bits per heavy atom. The first kappa shape index (κ1) is 18.1. The normalized spacial score (nSPS) is 10.9. The lowest BCUT2D eigenvalue weighted by Crippen LogP contribution is -2.19. The lowest BCUT2D eigenvalue weighted by atomic mass is 10.3. The van der Waals surface area contributed by atoms with E-state index in [0.717, 1.165) is 0 Å². The molecule has 1 unspecified atom stereocenters. The number of carbonyl (C=O) groups is 3. The van der Waals surface area contributed by atoms with Crippen molar-refractivity contribution in [2.75, 3.05) is 12.0 Å². The third kappa shape index (κ3) is 17.3. The van der Waals surface area contributed by atoms with Crippen molar-refractivity contribution in [3.8, 4) is 0 Å². The largest absolute Gasteiger partial charge is 0.481 e. The number of aliphatic carboxylic acids is 3. The van der Waals surface area contributed by atoms with Crippen molar-refractivity contribution >= 4 is 29.7 Å². The van der Waals surface area contributed by atoms with Gasteiger partial charge >= 0.3 is 17.9 Å². The molecule has 0 aromatic heterocycles. The third-order valence-electron chi connectivity index (χ3n) is 1.43. The molecule has 0 aromatic rings. The molecule has 7 nitrogen and oxygen atoms in total. The molecule has 0 fully saturated rings. The minimum atomic E-state index is -1.18. The molecule has 0 bridgehead atoms. The topological polar surface area (TPSA) is 132 Å². The van der Waals surface area contributed by atoms with Crippen LogP contribution >= 0.6 is 11.8 Å². The first-order valence-electron chi connectivity index (χ1n) is 4.64. The van der Waals surface area contributed by atoms with Crippen LogP contribution in [0.15, 0.2) is 0 Å². The van der Waals surface area contributed by atoms with E-state index in [4.69, 9.17) is 20.4 Å². The average molecular weight is 268 g/mol. The maximum atomic E-state index is 9.95. The van der Waals surface area contributed by atoms with Crippen molar-refractivity contribution in [1.82, 2.24) is 0 Å². The van der Waals surface area contributed by atoms with Crippen LogP contribution in [-0.2, 0) is 14.4 Å². The summed E-state index contributed by atoms with van der Waals surface area (Å²) in [5.74, 6) is -2.60. The van der Waals surface area contributed by atoms with Crippen molar-refractivity contribution in [3.05, 3.63) is 0 Å². The second kappa shape index (κ2) is 11.2. The molecule has 100 valence electrons. The van der Waals surface area contributed by atoms with Gasteiger partial charge in [0.1, 0.15) is 0 Å². The predicted molar refractivity (Wildman–Crippen MR) is 61.1 cm³/mol. The van der Waals surface area contributed by atoms with E-state index in [0.29, 0.717) is 12.2 Å². The zero-order valence-corrected chi connectivity index (χ0v) is 10.1. The fourth-order valence-corrected chi connectivity index (χ4v) is 1.03. The van der Waals surface area contributed by atoms with Gasteiger partial charge in [-0.2, -0.15) is 11.8 Å². The van der Waals surface area contributed by atoms with Crippen LogP contribution in [0, 0.1) is 0 Å². The number of thioether (sulfide) groups is 1. The lowest BCUT2D eigenvalue weighted by Gasteiger charge is -2.01. The van der Waals surface area contributed by atoms with E-state index in [1.165, 1.54) is 11.8 Å². The van der Waals surface area contributed by atoms with Crippen LogP contribution in [0.3, 0.4) is 0 Å². The van der Waals surface area contributed by atoms with Crippen LogP contribution in [0.1, 0.15) is 19.3 Å². The zero-order chi connectivity index (χ0) is 13.8. The van der Waals surface area contributed by atoms with E-state index < -0.39 is 24.0 Å². The summed E-state index contributed by atoms with van der Waals surface area (Å²) in [5.41, 5.74) is 0. The highest BCUT2D eigenvalue weighted by molar-refractivity contribution is 7.98. The summed E-state index contributed by atoms with van der Waals surface area (Å²) in [6, 6.07) is 0. The minimum Gasteiger partial charge on any atom is -0.481 e. The van der Waals surface area contributed by atoms with E-state index in [2.05, 4.69) is 0 Å². The standard InChI is InChI=1S/C5H10O3S.C4H6O4/c1-9-3-2-4(6)5(7)8;5-3(6)1-2-4(7)8/h4,6H,2-3H2,1H3,(H,7,8);1-2H2,(H,5,6)(H,7,8). The van der Waals surface area contributed by atoms with Crippen molar-refractivity contribution in [2.24, 2.45) is 0 Å². The molecule has 0 aliphatic heterocycles. The van der Waals surface area contributed by atoms with Gasteiger partial charge in [0.2, 0.25) is 0 Å². The van der Waals surface area contributed by atoms with Crippen molar-refractivity contribution in [3.63, 3.8) is 0 Å². The van der Waals surface area contributed by atoms with E-state index in [9.17, 15) is 14.4 Å². The van der Waals surface area contributed by atoms with Crippen molar-refractivity contribution in [2.45, 2.75) is 25.4 Å². The van der Waals surface area contributed by atoms with E-state index in [1.54, 1.807) is 0 Å².